The monoisotopic (exact) mass is 343 g/mol. The van der Waals surface area contributed by atoms with E-state index in [1.807, 2.05) is 18.2 Å². The van der Waals surface area contributed by atoms with Gasteiger partial charge in [0.15, 0.2) is 0 Å². The summed E-state index contributed by atoms with van der Waals surface area (Å²) in [7, 11) is 0. The summed E-state index contributed by atoms with van der Waals surface area (Å²) in [6.07, 6.45) is 0. The minimum Gasteiger partial charge on any atom is -0.379 e. The second kappa shape index (κ2) is 5.96. The standard InChI is InChI=1S/C14H12BrCl2N/c1-9-5-6-10(7-11(9)15)8-18-14-12(16)3-2-4-13(14)17/h2-7,18H,8H2,1H3. The zero-order valence-electron chi connectivity index (χ0n) is 9.81. The van der Waals surface area contributed by atoms with Crippen LogP contribution in [-0.2, 0) is 6.54 Å². The molecule has 0 radical (unpaired) electrons. The van der Waals surface area contributed by atoms with E-state index in [2.05, 4.69) is 46.4 Å². The van der Waals surface area contributed by atoms with E-state index in [9.17, 15) is 0 Å². The number of halogens is 3. The Balaban J connectivity index is 2.14. The summed E-state index contributed by atoms with van der Waals surface area (Å²) in [5.74, 6) is 0. The molecule has 4 heteroatoms. The fourth-order valence-electron chi connectivity index (χ4n) is 1.60. The van der Waals surface area contributed by atoms with E-state index in [1.165, 1.54) is 11.1 Å². The number of benzene rings is 2. The molecule has 0 aliphatic rings. The van der Waals surface area contributed by atoms with Gasteiger partial charge >= 0.3 is 0 Å². The fraction of sp³-hybridized carbons (Fsp3) is 0.143. The Labute approximate surface area is 125 Å². The Bertz CT molecular complexity index is 549. The van der Waals surface area contributed by atoms with Crippen molar-refractivity contribution in [3.05, 3.63) is 62.0 Å². The highest BCUT2D eigenvalue weighted by Crippen LogP contribution is 2.30. The second-order valence-corrected chi connectivity index (χ2v) is 5.70. The summed E-state index contributed by atoms with van der Waals surface area (Å²) >= 11 is 15.7. The summed E-state index contributed by atoms with van der Waals surface area (Å²) < 4.78 is 1.10. The van der Waals surface area contributed by atoms with E-state index in [0.717, 1.165) is 10.2 Å². The Morgan fingerprint density at radius 1 is 1.11 bits per heavy atom. The smallest absolute Gasteiger partial charge is 0.0721 e. The number of hydrogen-bond acceptors (Lipinski definition) is 1. The van der Waals surface area contributed by atoms with Crippen molar-refractivity contribution in [3.8, 4) is 0 Å². The topological polar surface area (TPSA) is 12.0 Å². The van der Waals surface area contributed by atoms with Crippen molar-refractivity contribution in [1.82, 2.24) is 0 Å². The predicted molar refractivity (Wildman–Crippen MR) is 82.7 cm³/mol. The fourth-order valence-corrected chi connectivity index (χ4v) is 2.56. The van der Waals surface area contributed by atoms with Crippen molar-refractivity contribution in [3.63, 3.8) is 0 Å². The SMILES string of the molecule is Cc1ccc(CNc2c(Cl)cccc2Cl)cc1Br. The Kier molecular flexibility index (Phi) is 4.55. The molecule has 0 saturated carbocycles. The number of hydrogen-bond donors (Lipinski definition) is 1. The number of aryl methyl sites for hydroxylation is 1. The molecule has 2 aromatic rings. The van der Waals surface area contributed by atoms with Crippen molar-refractivity contribution in [2.24, 2.45) is 0 Å². The number of rotatable bonds is 3. The van der Waals surface area contributed by atoms with E-state index in [1.54, 1.807) is 0 Å². The average molecular weight is 345 g/mol. The maximum Gasteiger partial charge on any atom is 0.0721 e. The average Bonchev–Trinajstić information content (AvgIpc) is 2.33. The van der Waals surface area contributed by atoms with E-state index in [0.29, 0.717) is 16.6 Å². The minimum absolute atomic E-state index is 0.633. The highest BCUT2D eigenvalue weighted by molar-refractivity contribution is 9.10. The van der Waals surface area contributed by atoms with Gasteiger partial charge in [-0.1, -0.05) is 57.3 Å². The predicted octanol–water partition coefficient (Wildman–Crippen LogP) is 5.68. The van der Waals surface area contributed by atoms with Gasteiger partial charge in [0.2, 0.25) is 0 Å². The van der Waals surface area contributed by atoms with Gasteiger partial charge in [-0.3, -0.25) is 0 Å². The number of para-hydroxylation sites is 1. The van der Waals surface area contributed by atoms with Gasteiger partial charge in [0.1, 0.15) is 0 Å². The highest BCUT2D eigenvalue weighted by atomic mass is 79.9. The van der Waals surface area contributed by atoms with E-state index in [4.69, 9.17) is 23.2 Å². The summed E-state index contributed by atoms with van der Waals surface area (Å²) in [4.78, 5) is 0. The van der Waals surface area contributed by atoms with Gasteiger partial charge in [-0.15, -0.1) is 0 Å². The first-order chi connectivity index (χ1) is 8.58. The first-order valence-corrected chi connectivity index (χ1v) is 7.06. The van der Waals surface area contributed by atoms with Gasteiger partial charge in [0.25, 0.3) is 0 Å². The van der Waals surface area contributed by atoms with Crippen LogP contribution in [0, 0.1) is 6.92 Å². The van der Waals surface area contributed by atoms with E-state index >= 15 is 0 Å². The van der Waals surface area contributed by atoms with Gasteiger partial charge < -0.3 is 5.32 Å². The molecule has 0 aliphatic carbocycles. The van der Waals surface area contributed by atoms with Crippen LogP contribution in [0.15, 0.2) is 40.9 Å². The molecule has 0 bridgehead atoms. The molecule has 0 saturated heterocycles. The maximum absolute atomic E-state index is 6.10. The van der Waals surface area contributed by atoms with Crippen molar-refractivity contribution >= 4 is 44.8 Å². The lowest BCUT2D eigenvalue weighted by Gasteiger charge is -2.11. The summed E-state index contributed by atoms with van der Waals surface area (Å²) in [5.41, 5.74) is 3.16. The molecular weight excluding hydrogens is 333 g/mol. The van der Waals surface area contributed by atoms with Gasteiger partial charge in [-0.2, -0.15) is 0 Å². The van der Waals surface area contributed by atoms with Crippen LogP contribution in [0.3, 0.4) is 0 Å². The molecule has 94 valence electrons. The third-order valence-electron chi connectivity index (χ3n) is 2.67. The minimum atomic E-state index is 0.633. The van der Waals surface area contributed by atoms with Crippen molar-refractivity contribution in [2.45, 2.75) is 13.5 Å². The van der Waals surface area contributed by atoms with E-state index in [-0.39, 0.29) is 0 Å². The van der Waals surface area contributed by atoms with Crippen molar-refractivity contribution in [1.29, 1.82) is 0 Å². The van der Waals surface area contributed by atoms with Crippen LogP contribution in [0.4, 0.5) is 5.69 Å². The molecule has 0 spiro atoms. The van der Waals surface area contributed by atoms with Crippen LogP contribution in [-0.4, -0.2) is 0 Å². The molecule has 2 aromatic carbocycles. The summed E-state index contributed by atoms with van der Waals surface area (Å²) in [6, 6.07) is 11.7. The third kappa shape index (κ3) is 3.19. The van der Waals surface area contributed by atoms with Gasteiger partial charge in [-0.05, 0) is 36.2 Å². The molecule has 0 aliphatic heterocycles. The first-order valence-electron chi connectivity index (χ1n) is 5.51. The largest absolute Gasteiger partial charge is 0.379 e. The zero-order chi connectivity index (χ0) is 13.1. The van der Waals surface area contributed by atoms with Crippen LogP contribution < -0.4 is 5.32 Å². The Hall–Kier alpha value is -0.700. The van der Waals surface area contributed by atoms with Crippen molar-refractivity contribution < 1.29 is 0 Å². The number of nitrogens with one attached hydrogen (secondary N) is 1. The molecule has 0 amide bonds. The number of anilines is 1. The Morgan fingerprint density at radius 2 is 1.78 bits per heavy atom. The van der Waals surface area contributed by atoms with Gasteiger partial charge in [0, 0.05) is 11.0 Å². The lowest BCUT2D eigenvalue weighted by atomic mass is 10.1. The molecule has 1 N–H and O–H groups in total. The summed E-state index contributed by atoms with van der Waals surface area (Å²) in [6.45, 7) is 2.74. The van der Waals surface area contributed by atoms with Crippen LogP contribution in [0.25, 0.3) is 0 Å². The van der Waals surface area contributed by atoms with Crippen molar-refractivity contribution in [2.75, 3.05) is 5.32 Å². The third-order valence-corrected chi connectivity index (χ3v) is 4.15. The van der Waals surface area contributed by atoms with Crippen LogP contribution >= 0.6 is 39.1 Å². The van der Waals surface area contributed by atoms with Crippen LogP contribution in [0.5, 0.6) is 0 Å². The molecule has 18 heavy (non-hydrogen) atoms. The molecule has 1 nitrogen and oxygen atoms in total. The second-order valence-electron chi connectivity index (χ2n) is 4.03. The Morgan fingerprint density at radius 3 is 2.39 bits per heavy atom. The molecule has 0 unspecified atom stereocenters. The molecule has 0 heterocycles. The molecule has 2 rings (SSSR count). The maximum atomic E-state index is 6.10. The van der Waals surface area contributed by atoms with E-state index < -0.39 is 0 Å². The normalized spacial score (nSPS) is 10.4. The lowest BCUT2D eigenvalue weighted by molar-refractivity contribution is 1.14. The van der Waals surface area contributed by atoms with Gasteiger partial charge in [-0.25, -0.2) is 0 Å². The molecule has 0 fully saturated rings. The zero-order valence-corrected chi connectivity index (χ0v) is 12.9. The molecular formula is C14H12BrCl2N. The highest BCUT2D eigenvalue weighted by Gasteiger charge is 2.05. The summed E-state index contributed by atoms with van der Waals surface area (Å²) in [5, 5.41) is 4.53. The lowest BCUT2D eigenvalue weighted by Crippen LogP contribution is -2.00. The quantitative estimate of drug-likeness (QED) is 0.755. The van der Waals surface area contributed by atoms with Crippen LogP contribution in [0.2, 0.25) is 10.0 Å². The van der Waals surface area contributed by atoms with Gasteiger partial charge in [0.05, 0.1) is 15.7 Å². The van der Waals surface area contributed by atoms with Crippen LogP contribution in [0.1, 0.15) is 11.1 Å². The first kappa shape index (κ1) is 13.7. The molecule has 0 atom stereocenters. The molecule has 0 aromatic heterocycles.